The van der Waals surface area contributed by atoms with Gasteiger partial charge in [0.05, 0.1) is 0 Å². The molecular formula is C11H10N6O. The average Bonchev–Trinajstić information content (AvgIpc) is 2.73. The molecule has 5 N–H and O–H groups in total. The van der Waals surface area contributed by atoms with E-state index in [0.29, 0.717) is 11.5 Å². The smallest absolute Gasteiger partial charge is 0.278 e. The molecule has 90 valence electrons. The number of para-hydroxylation sites is 1. The molecule has 7 heteroatoms. The van der Waals surface area contributed by atoms with E-state index < -0.39 is 0 Å². The van der Waals surface area contributed by atoms with Gasteiger partial charge < -0.3 is 16.0 Å². The largest absolute Gasteiger partial charge is 0.369 e. The van der Waals surface area contributed by atoms with Crippen LogP contribution in [0.5, 0.6) is 0 Å². The summed E-state index contributed by atoms with van der Waals surface area (Å²) >= 11 is 0. The van der Waals surface area contributed by atoms with E-state index in [2.05, 4.69) is 25.3 Å². The highest BCUT2D eigenvalue weighted by Gasteiger charge is 2.08. The molecule has 0 aliphatic rings. The number of nitrogens with zero attached hydrogens (tertiary/aromatic N) is 2. The monoisotopic (exact) mass is 242 g/mol. The number of hydrogen-bond acceptors (Lipinski definition) is 5. The zero-order valence-electron chi connectivity index (χ0n) is 9.27. The number of fused-ring (bicyclic) bond motifs is 1. The number of hydrogen-bond donors (Lipinski definition) is 4. The third-order valence-corrected chi connectivity index (χ3v) is 2.42. The quantitative estimate of drug-likeness (QED) is 0.535. The van der Waals surface area contributed by atoms with Crippen LogP contribution in [-0.2, 0) is 0 Å². The lowest BCUT2D eigenvalue weighted by molar-refractivity contribution is 1.17. The van der Waals surface area contributed by atoms with E-state index in [1.807, 2.05) is 30.3 Å². The first kappa shape index (κ1) is 10.3. The van der Waals surface area contributed by atoms with Crippen LogP contribution in [0.4, 0.5) is 17.6 Å². The fourth-order valence-corrected chi connectivity index (χ4v) is 1.64. The van der Waals surface area contributed by atoms with Crippen molar-refractivity contribution in [2.75, 3.05) is 11.1 Å². The Bertz CT molecular complexity index is 745. The SMILES string of the molecule is Nc1nc2nc(Nc3ccccc3)[nH]c2c(=O)[nH]1. The summed E-state index contributed by atoms with van der Waals surface area (Å²) < 4.78 is 0. The number of aromatic nitrogens is 4. The molecule has 7 nitrogen and oxygen atoms in total. The summed E-state index contributed by atoms with van der Waals surface area (Å²) in [6.45, 7) is 0. The Morgan fingerprint density at radius 1 is 1.11 bits per heavy atom. The number of H-pyrrole nitrogens is 2. The van der Waals surface area contributed by atoms with Gasteiger partial charge in [0.2, 0.25) is 11.9 Å². The van der Waals surface area contributed by atoms with Gasteiger partial charge >= 0.3 is 0 Å². The molecule has 0 saturated heterocycles. The second kappa shape index (κ2) is 3.88. The van der Waals surface area contributed by atoms with Crippen LogP contribution in [0.3, 0.4) is 0 Å². The van der Waals surface area contributed by atoms with Crippen molar-refractivity contribution in [3.8, 4) is 0 Å². The molecule has 3 aromatic rings. The predicted molar refractivity (Wildman–Crippen MR) is 68.6 cm³/mol. The summed E-state index contributed by atoms with van der Waals surface area (Å²) in [4.78, 5) is 24.9. The van der Waals surface area contributed by atoms with Crippen LogP contribution in [-0.4, -0.2) is 19.9 Å². The molecule has 0 aliphatic carbocycles. The molecule has 0 bridgehead atoms. The van der Waals surface area contributed by atoms with E-state index in [1.54, 1.807) is 0 Å². The maximum Gasteiger partial charge on any atom is 0.278 e. The van der Waals surface area contributed by atoms with Gasteiger partial charge in [-0.15, -0.1) is 0 Å². The number of nitrogens with two attached hydrogens (primary N) is 1. The fourth-order valence-electron chi connectivity index (χ4n) is 1.64. The Labute approximate surface area is 101 Å². The standard InChI is InChI=1S/C11H10N6O/c12-10-15-8-7(9(18)17-10)14-11(16-8)13-6-4-2-1-3-5-6/h1-5H,(H5,12,13,14,15,16,17,18). The summed E-state index contributed by atoms with van der Waals surface area (Å²) in [7, 11) is 0. The average molecular weight is 242 g/mol. The first-order valence-electron chi connectivity index (χ1n) is 5.30. The Morgan fingerprint density at radius 3 is 2.67 bits per heavy atom. The zero-order chi connectivity index (χ0) is 12.5. The van der Waals surface area contributed by atoms with Crippen molar-refractivity contribution in [1.82, 2.24) is 19.9 Å². The lowest BCUT2D eigenvalue weighted by Gasteiger charge is -2.00. The van der Waals surface area contributed by atoms with Crippen LogP contribution in [0.25, 0.3) is 11.2 Å². The minimum Gasteiger partial charge on any atom is -0.369 e. The molecule has 0 fully saturated rings. The highest BCUT2D eigenvalue weighted by molar-refractivity contribution is 5.74. The van der Waals surface area contributed by atoms with Gasteiger partial charge in [-0.05, 0) is 12.1 Å². The third-order valence-electron chi connectivity index (χ3n) is 2.42. The highest BCUT2D eigenvalue weighted by atomic mass is 16.1. The van der Waals surface area contributed by atoms with Crippen LogP contribution in [0, 0.1) is 0 Å². The van der Waals surface area contributed by atoms with E-state index in [-0.39, 0.29) is 17.2 Å². The summed E-state index contributed by atoms with van der Waals surface area (Å²) in [5, 5.41) is 3.04. The molecule has 0 aliphatic heterocycles. The van der Waals surface area contributed by atoms with Gasteiger partial charge in [0.25, 0.3) is 5.56 Å². The van der Waals surface area contributed by atoms with E-state index in [1.165, 1.54) is 0 Å². The van der Waals surface area contributed by atoms with Crippen LogP contribution in [0.15, 0.2) is 35.1 Å². The molecule has 0 amide bonds. The van der Waals surface area contributed by atoms with E-state index in [9.17, 15) is 4.79 Å². The van der Waals surface area contributed by atoms with Gasteiger partial charge in [-0.2, -0.15) is 9.97 Å². The number of rotatable bonds is 2. The summed E-state index contributed by atoms with van der Waals surface area (Å²) in [6, 6.07) is 9.48. The predicted octanol–water partition coefficient (Wildman–Crippen LogP) is 0.972. The minimum absolute atomic E-state index is 0.0465. The number of nitrogens with one attached hydrogen (secondary N) is 3. The third kappa shape index (κ3) is 1.77. The Morgan fingerprint density at radius 2 is 1.89 bits per heavy atom. The Kier molecular flexibility index (Phi) is 2.23. The first-order chi connectivity index (χ1) is 8.72. The second-order valence-corrected chi connectivity index (χ2v) is 3.73. The molecule has 0 atom stereocenters. The molecule has 0 radical (unpaired) electrons. The number of anilines is 3. The lowest BCUT2D eigenvalue weighted by Crippen LogP contribution is -2.10. The van der Waals surface area contributed by atoms with Gasteiger partial charge in [-0.25, -0.2) is 0 Å². The summed E-state index contributed by atoms with van der Waals surface area (Å²) in [5.41, 5.74) is 6.55. The molecule has 2 aromatic heterocycles. The maximum atomic E-state index is 11.6. The van der Waals surface area contributed by atoms with Crippen molar-refractivity contribution >= 4 is 28.7 Å². The van der Waals surface area contributed by atoms with E-state index in [0.717, 1.165) is 5.69 Å². The molecule has 18 heavy (non-hydrogen) atoms. The van der Waals surface area contributed by atoms with Crippen LogP contribution < -0.4 is 16.6 Å². The van der Waals surface area contributed by atoms with E-state index in [4.69, 9.17) is 5.73 Å². The van der Waals surface area contributed by atoms with Crippen LogP contribution in [0.2, 0.25) is 0 Å². The van der Waals surface area contributed by atoms with Gasteiger partial charge in [-0.1, -0.05) is 18.2 Å². The number of nitrogen functional groups attached to an aromatic ring is 1. The maximum absolute atomic E-state index is 11.6. The Balaban J connectivity index is 2.04. The molecule has 3 rings (SSSR count). The summed E-state index contributed by atoms with van der Waals surface area (Å²) in [5.74, 6) is 0.491. The Hall–Kier alpha value is -2.83. The number of aromatic amines is 2. The van der Waals surface area contributed by atoms with Crippen molar-refractivity contribution in [1.29, 1.82) is 0 Å². The molecule has 2 heterocycles. The second-order valence-electron chi connectivity index (χ2n) is 3.73. The van der Waals surface area contributed by atoms with Crippen molar-refractivity contribution in [3.63, 3.8) is 0 Å². The molecule has 0 unspecified atom stereocenters. The molecule has 0 saturated carbocycles. The fraction of sp³-hybridized carbons (Fsp3) is 0. The van der Waals surface area contributed by atoms with E-state index >= 15 is 0 Å². The first-order valence-corrected chi connectivity index (χ1v) is 5.30. The number of imidazole rings is 1. The van der Waals surface area contributed by atoms with Crippen molar-refractivity contribution in [2.45, 2.75) is 0 Å². The van der Waals surface area contributed by atoms with Crippen molar-refractivity contribution in [3.05, 3.63) is 40.7 Å². The van der Waals surface area contributed by atoms with Crippen molar-refractivity contribution in [2.24, 2.45) is 0 Å². The summed E-state index contributed by atoms with van der Waals surface area (Å²) in [6.07, 6.45) is 0. The van der Waals surface area contributed by atoms with Crippen LogP contribution in [0.1, 0.15) is 0 Å². The van der Waals surface area contributed by atoms with Gasteiger partial charge in [0.1, 0.15) is 0 Å². The molecule has 0 spiro atoms. The minimum atomic E-state index is -0.342. The number of benzene rings is 1. The lowest BCUT2D eigenvalue weighted by atomic mass is 10.3. The van der Waals surface area contributed by atoms with Gasteiger partial charge in [0, 0.05) is 5.69 Å². The van der Waals surface area contributed by atoms with Gasteiger partial charge in [0.15, 0.2) is 11.2 Å². The van der Waals surface area contributed by atoms with Gasteiger partial charge in [-0.3, -0.25) is 9.78 Å². The normalized spacial score (nSPS) is 10.7. The van der Waals surface area contributed by atoms with Crippen molar-refractivity contribution < 1.29 is 0 Å². The highest BCUT2D eigenvalue weighted by Crippen LogP contribution is 2.14. The zero-order valence-corrected chi connectivity index (χ0v) is 9.27. The topological polar surface area (TPSA) is 112 Å². The molecular weight excluding hydrogens is 232 g/mol. The molecule has 1 aromatic carbocycles. The van der Waals surface area contributed by atoms with Crippen LogP contribution >= 0.6 is 0 Å².